The molecule has 0 aliphatic carbocycles. The predicted molar refractivity (Wildman–Crippen MR) is 101 cm³/mol. The van der Waals surface area contributed by atoms with Crippen molar-refractivity contribution in [2.75, 3.05) is 0 Å². The molecule has 0 amide bonds. The summed E-state index contributed by atoms with van der Waals surface area (Å²) in [5.41, 5.74) is 0. The molecule has 2 rings (SSSR count). The van der Waals surface area contributed by atoms with E-state index in [-0.39, 0.29) is 30.9 Å². The fourth-order valence-corrected chi connectivity index (χ4v) is 9.49. The number of rotatable bonds is 6. The van der Waals surface area contributed by atoms with Gasteiger partial charge in [-0.15, -0.1) is 0 Å². The molecular weight excluding hydrogens is 616 g/mol. The van der Waals surface area contributed by atoms with Crippen molar-refractivity contribution in [1.29, 1.82) is 0 Å². The second kappa shape index (κ2) is 11.7. The van der Waals surface area contributed by atoms with Crippen molar-refractivity contribution < 1.29 is 61.7 Å². The Morgan fingerprint density at radius 1 is 0.846 bits per heavy atom. The van der Waals surface area contributed by atoms with Crippen molar-refractivity contribution in [2.24, 2.45) is 29.6 Å². The Hall–Kier alpha value is 3.11. The van der Waals surface area contributed by atoms with Crippen molar-refractivity contribution in [2.45, 2.75) is 86.4 Å². The topological polar surface area (TPSA) is 36.9 Å². The fraction of sp³-hybridized carbons (Fsp3) is 1.00. The Kier molecular flexibility index (Phi) is 11.4. The standard InChI is InChI=1S/C20H36O4.Ra.Rb.H/c1-10(2)21-19-15(7)13(5)18(17(9)23-19)24-20-14(6)11(3)12(4)16(8)22-20;;;/h10-20H,8-9H2,1-7H3;;;/t11-,12?,13-,14+,15-,16+,17+,18-,19?,20?;;;/m0.../s1. The first-order valence-electron chi connectivity index (χ1n) is 10.8. The molecule has 0 radical (unpaired) electrons. The third-order valence-corrected chi connectivity index (χ3v) is 12.2. The fourth-order valence-electron chi connectivity index (χ4n) is 4.49. The van der Waals surface area contributed by atoms with Crippen LogP contribution < -0.4 is 0 Å². The van der Waals surface area contributed by atoms with Crippen LogP contribution in [0.15, 0.2) is 0 Å². The van der Waals surface area contributed by atoms with Crippen LogP contribution in [-0.2, 0) is 18.9 Å². The summed E-state index contributed by atoms with van der Waals surface area (Å²) < 4.78 is 28.0. The van der Waals surface area contributed by atoms with Gasteiger partial charge in [-0.2, -0.15) is 0 Å². The van der Waals surface area contributed by atoms with Gasteiger partial charge in [0, 0.05) is 0 Å². The Balaban J connectivity index is 2.11. The molecule has 2 fully saturated rings. The van der Waals surface area contributed by atoms with Gasteiger partial charge in [0.1, 0.15) is 0 Å². The summed E-state index contributed by atoms with van der Waals surface area (Å²) >= 11 is 1.05. The molecule has 3 unspecified atom stereocenters. The van der Waals surface area contributed by atoms with Crippen LogP contribution in [0.3, 0.4) is 0 Å². The van der Waals surface area contributed by atoms with E-state index in [4.69, 9.17) is 18.9 Å². The molecule has 0 N–H and O–H groups in total. The first-order valence-corrected chi connectivity index (χ1v) is 20.1. The summed E-state index contributed by atoms with van der Waals surface area (Å²) in [6.07, 6.45) is 0.672. The van der Waals surface area contributed by atoms with Crippen molar-refractivity contribution >= 4 is 55.5 Å². The van der Waals surface area contributed by atoms with Crippen molar-refractivity contribution in [3.05, 3.63) is 0 Å². The quantitative estimate of drug-likeness (QED) is 0.439. The molecule has 10 atom stereocenters. The molecule has 0 spiro atoms. The van der Waals surface area contributed by atoms with E-state index in [1.165, 1.54) is -0.511 Å². The number of hydrogen-bond acceptors (Lipinski definition) is 4. The van der Waals surface area contributed by atoms with Crippen LogP contribution in [0.25, 0.3) is 0 Å². The van der Waals surface area contributed by atoms with E-state index in [0.29, 0.717) is 134 Å². The summed E-state index contributed by atoms with van der Waals surface area (Å²) in [5.74, 6) is 2.44. The van der Waals surface area contributed by atoms with E-state index in [0.717, 1.165) is 1.46 Å². The Labute approximate surface area is 229 Å². The maximum atomic E-state index is 6.69. The zero-order valence-corrected chi connectivity index (χ0v) is 31.5. The van der Waals surface area contributed by atoms with Gasteiger partial charge in [-0.05, 0) is 0 Å². The second-order valence-corrected chi connectivity index (χ2v) is 14.3. The normalized spacial score (nSPS) is 47.3. The molecule has 6 heteroatoms. The molecular formula is C20H37O4RaRb. The molecule has 2 aliphatic rings. The van der Waals surface area contributed by atoms with Crippen molar-refractivity contribution in [3.63, 3.8) is 0 Å². The molecule has 144 valence electrons. The van der Waals surface area contributed by atoms with Gasteiger partial charge >= 0.3 is 233 Å². The number of hydrogen-bond donors (Lipinski definition) is 0. The third kappa shape index (κ3) is 6.09. The van der Waals surface area contributed by atoms with Crippen molar-refractivity contribution in [3.8, 4) is 0 Å². The van der Waals surface area contributed by atoms with Crippen LogP contribution in [0.5, 0.6) is 0 Å². The van der Waals surface area contributed by atoms with Gasteiger partial charge in [0.05, 0.1) is 0 Å². The van der Waals surface area contributed by atoms with Crippen LogP contribution in [0.1, 0.15) is 48.5 Å². The van der Waals surface area contributed by atoms with Gasteiger partial charge in [0.25, 0.3) is 0 Å². The molecule has 0 aromatic rings. The van der Waals surface area contributed by atoms with E-state index >= 15 is 0 Å². The maximum absolute atomic E-state index is 6.69. The van der Waals surface area contributed by atoms with E-state index < -0.39 is 0 Å². The Morgan fingerprint density at radius 2 is 1.42 bits per heavy atom. The predicted octanol–water partition coefficient (Wildman–Crippen LogP) is 3.71. The van der Waals surface area contributed by atoms with E-state index in [2.05, 4.69) is 48.5 Å². The van der Waals surface area contributed by atoms with Crippen LogP contribution in [0, 0.1) is 72.4 Å². The monoisotopic (exact) mass is 652 g/mol. The SMILES string of the molecule is CC(C)OC1O[C@H]([CH2][RaH])[C@@H](OC2O[C@H]([CH2][Rb])C(C)[C@H](C)[C@H]2C)[C@@H](C)[C@@H]1C. The van der Waals surface area contributed by atoms with Gasteiger partial charge in [0.15, 0.2) is 0 Å². The van der Waals surface area contributed by atoms with Crippen LogP contribution in [0.4, 0.5) is 0 Å². The van der Waals surface area contributed by atoms with Gasteiger partial charge in [0.2, 0.25) is 0 Å². The first-order chi connectivity index (χ1) is 12.2. The Bertz CT molecular complexity index is 434. The molecule has 0 aromatic carbocycles. The van der Waals surface area contributed by atoms with Gasteiger partial charge < -0.3 is 0 Å². The zero-order valence-electron chi connectivity index (χ0n) is 18.4. The van der Waals surface area contributed by atoms with E-state index in [1.807, 2.05) is 0 Å². The molecule has 26 heavy (non-hydrogen) atoms. The summed E-state index contributed by atoms with van der Waals surface area (Å²) in [5, 5.41) is 0. The average molecular weight is 653 g/mol. The molecule has 0 saturated carbocycles. The molecule has 2 aliphatic heterocycles. The number of ether oxygens (including phenoxy) is 4. The molecule has 2 heterocycles. The van der Waals surface area contributed by atoms with Crippen molar-refractivity contribution in [1.82, 2.24) is 0 Å². The summed E-state index contributed by atoms with van der Waals surface area (Å²) in [7, 11) is 0. The van der Waals surface area contributed by atoms with Crippen LogP contribution in [-0.4, -0.2) is 92.5 Å². The van der Waals surface area contributed by atoms with Gasteiger partial charge in [-0.1, -0.05) is 0 Å². The molecule has 2 saturated heterocycles. The minimum atomic E-state index is -0.106. The van der Waals surface area contributed by atoms with Crippen LogP contribution >= 0.6 is 0 Å². The summed E-state index contributed by atoms with van der Waals surface area (Å²) in [6, 6.07) is 0. The first kappa shape index (κ1) is 25.4. The van der Waals surface area contributed by atoms with E-state index in [1.54, 1.807) is 0 Å². The summed E-state index contributed by atoms with van der Waals surface area (Å²) in [4.78, 5) is 0. The minimum absolute atomic E-state index is 0.0881. The van der Waals surface area contributed by atoms with Crippen LogP contribution in [0.2, 0.25) is 0.951 Å². The second-order valence-electron chi connectivity index (χ2n) is 8.98. The molecule has 0 bridgehead atoms. The molecule has 4 nitrogen and oxygen atoms in total. The third-order valence-electron chi connectivity index (χ3n) is 6.94. The van der Waals surface area contributed by atoms with Gasteiger partial charge in [-0.25, -0.2) is 0 Å². The van der Waals surface area contributed by atoms with Gasteiger partial charge in [-0.3, -0.25) is 0 Å². The summed E-state index contributed by atoms with van der Waals surface area (Å²) in [6.45, 7) is 15.7. The van der Waals surface area contributed by atoms with E-state index in [9.17, 15) is 0 Å². The zero-order chi connectivity index (χ0) is 19.6. The Morgan fingerprint density at radius 3 is 1.96 bits per heavy atom. The average Bonchev–Trinajstić information content (AvgIpc) is 2.60. The molecule has 0 aromatic heterocycles.